The summed E-state index contributed by atoms with van der Waals surface area (Å²) in [6, 6.07) is 3.19. The predicted molar refractivity (Wildman–Crippen MR) is 80.4 cm³/mol. The lowest BCUT2D eigenvalue weighted by atomic mass is 9.96. The Kier molecular flexibility index (Phi) is 6.32. The van der Waals surface area contributed by atoms with E-state index in [0.29, 0.717) is 11.9 Å². The first kappa shape index (κ1) is 22.6. The highest BCUT2D eigenvalue weighted by Crippen LogP contribution is 2.47. The van der Waals surface area contributed by atoms with Gasteiger partial charge in [-0.15, -0.1) is 0 Å². The van der Waals surface area contributed by atoms with E-state index in [9.17, 15) is 39.6 Å². The smallest absolute Gasteiger partial charge is 0.435 e. The Labute approximate surface area is 149 Å². The van der Waals surface area contributed by atoms with E-state index in [4.69, 9.17) is 16.2 Å². The van der Waals surface area contributed by atoms with Crippen molar-refractivity contribution >= 4 is 35.5 Å². The zero-order valence-corrected chi connectivity index (χ0v) is 14.4. The van der Waals surface area contributed by atoms with Gasteiger partial charge >= 0.3 is 23.9 Å². The lowest BCUT2D eigenvalue weighted by Gasteiger charge is -2.35. The number of halogens is 7. The molecule has 0 spiro atoms. The molecule has 0 aliphatic heterocycles. The molecule has 1 rings (SSSR count). The molecule has 14 heteroatoms. The summed E-state index contributed by atoms with van der Waals surface area (Å²) >= 11 is 5.66. The van der Waals surface area contributed by atoms with Crippen molar-refractivity contribution in [2.45, 2.75) is 24.3 Å². The summed E-state index contributed by atoms with van der Waals surface area (Å²) in [5.41, 5.74) is -5.78. The molecule has 0 amide bonds. The quantitative estimate of drug-likeness (QED) is 0.338. The van der Waals surface area contributed by atoms with Crippen molar-refractivity contribution in [2.75, 3.05) is 5.75 Å². The number of hydrogen-bond donors (Lipinski definition) is 1. The molecule has 0 saturated heterocycles. The summed E-state index contributed by atoms with van der Waals surface area (Å²) in [5, 5.41) is -0.487. The average molecular weight is 427 g/mol. The molecule has 1 N–H and O–H groups in total. The normalized spacial score (nSPS) is 13.5. The van der Waals surface area contributed by atoms with Gasteiger partial charge in [0.05, 0.1) is 10.6 Å². The van der Waals surface area contributed by atoms with Crippen molar-refractivity contribution in [3.8, 4) is 0 Å². The number of ether oxygens (including phenoxy) is 1. The van der Waals surface area contributed by atoms with Crippen LogP contribution in [0, 0.1) is 0 Å². The Morgan fingerprint density at radius 1 is 1.15 bits per heavy atom. The maximum Gasteiger partial charge on any atom is 0.438 e. The van der Waals surface area contributed by atoms with Gasteiger partial charge in [0, 0.05) is 0 Å². The molecule has 0 heterocycles. The number of esters is 1. The van der Waals surface area contributed by atoms with Crippen LogP contribution in [0.15, 0.2) is 18.2 Å². The Hall–Kier alpha value is -1.47. The minimum atomic E-state index is -6.40. The third-order valence-corrected chi connectivity index (χ3v) is 4.31. The van der Waals surface area contributed by atoms with Crippen LogP contribution in [-0.2, 0) is 21.2 Å². The van der Waals surface area contributed by atoms with Gasteiger partial charge in [0.1, 0.15) is 13.6 Å². The van der Waals surface area contributed by atoms with E-state index in [1.54, 1.807) is 7.85 Å². The van der Waals surface area contributed by atoms with E-state index >= 15 is 0 Å². The molecule has 0 bridgehead atoms. The van der Waals surface area contributed by atoms with Crippen LogP contribution in [-0.4, -0.2) is 50.5 Å². The van der Waals surface area contributed by atoms with Crippen LogP contribution in [0.25, 0.3) is 0 Å². The second kappa shape index (κ2) is 7.27. The molecule has 0 saturated carbocycles. The van der Waals surface area contributed by atoms with Crippen LogP contribution >= 0.6 is 11.6 Å². The lowest BCUT2D eigenvalue weighted by Crippen LogP contribution is -2.63. The van der Waals surface area contributed by atoms with E-state index in [0.717, 1.165) is 12.1 Å². The van der Waals surface area contributed by atoms with Crippen LogP contribution in [0.5, 0.6) is 0 Å². The molecule has 1 aromatic rings. The molecular formula is C12H10BClF6O5S. The maximum absolute atomic E-state index is 13.1. The van der Waals surface area contributed by atoms with Gasteiger partial charge in [-0.25, -0.2) is 4.79 Å². The first-order valence-corrected chi connectivity index (χ1v) is 8.63. The van der Waals surface area contributed by atoms with Gasteiger partial charge in [0.15, 0.2) is 0 Å². The summed E-state index contributed by atoms with van der Waals surface area (Å²) in [7, 11) is -4.17. The van der Waals surface area contributed by atoms with Gasteiger partial charge in [-0.05, 0) is 12.1 Å². The summed E-state index contributed by atoms with van der Waals surface area (Å²) in [4.78, 5) is 11.9. The van der Waals surface area contributed by atoms with Gasteiger partial charge in [-0.2, -0.15) is 34.8 Å². The summed E-state index contributed by atoms with van der Waals surface area (Å²) < 4.78 is 112. The topological polar surface area (TPSA) is 80.7 Å². The maximum atomic E-state index is 13.1. The standard InChI is InChI=1S/C12H10BClF6O5S/c13-4-6-1-2-7(8(14)3-6)9(21)25-10(11(15,16)17,12(18,19)20)5-26(22,23)24/h1-3H,4-5,13H2,(H,22,23,24). The molecule has 5 nitrogen and oxygen atoms in total. The van der Waals surface area contributed by atoms with Gasteiger partial charge in [0.25, 0.3) is 10.1 Å². The Morgan fingerprint density at radius 3 is 2.00 bits per heavy atom. The fourth-order valence-electron chi connectivity index (χ4n) is 1.88. The van der Waals surface area contributed by atoms with E-state index in [-0.39, 0.29) is 0 Å². The number of carbonyl (C=O) groups excluding carboxylic acids is 1. The fourth-order valence-corrected chi connectivity index (χ4v) is 3.06. The third kappa shape index (κ3) is 4.83. The Morgan fingerprint density at radius 2 is 1.65 bits per heavy atom. The van der Waals surface area contributed by atoms with E-state index in [2.05, 4.69) is 4.74 Å². The second-order valence-electron chi connectivity index (χ2n) is 5.11. The van der Waals surface area contributed by atoms with Gasteiger partial charge < -0.3 is 4.74 Å². The number of carbonyl (C=O) groups is 1. The van der Waals surface area contributed by atoms with Crippen LogP contribution < -0.4 is 0 Å². The minimum absolute atomic E-state index is 0.410. The monoisotopic (exact) mass is 426 g/mol. The molecule has 0 atom stereocenters. The second-order valence-corrected chi connectivity index (χ2v) is 6.97. The van der Waals surface area contributed by atoms with Gasteiger partial charge in [-0.3, -0.25) is 4.55 Å². The minimum Gasteiger partial charge on any atom is -0.435 e. The van der Waals surface area contributed by atoms with Crippen molar-refractivity contribution in [2.24, 2.45) is 0 Å². The Balaban J connectivity index is 3.48. The number of benzene rings is 1. The summed E-state index contributed by atoms with van der Waals surface area (Å²) in [5.74, 6) is -5.11. The molecule has 146 valence electrons. The van der Waals surface area contributed by atoms with Crippen molar-refractivity contribution in [3.63, 3.8) is 0 Å². The summed E-state index contributed by atoms with van der Waals surface area (Å²) in [6.07, 6.45) is -12.4. The van der Waals surface area contributed by atoms with Crippen LogP contribution in [0.3, 0.4) is 0 Å². The summed E-state index contributed by atoms with van der Waals surface area (Å²) in [6.45, 7) is 0. The van der Waals surface area contributed by atoms with Gasteiger partial charge in [-0.1, -0.05) is 29.6 Å². The average Bonchev–Trinajstić information content (AvgIpc) is 2.42. The van der Waals surface area contributed by atoms with E-state index in [1.807, 2.05) is 0 Å². The van der Waals surface area contributed by atoms with E-state index in [1.165, 1.54) is 6.07 Å². The van der Waals surface area contributed by atoms with Crippen LogP contribution in [0.4, 0.5) is 26.3 Å². The molecule has 0 fully saturated rings. The van der Waals surface area contributed by atoms with Crippen molar-refractivity contribution < 1.29 is 48.8 Å². The molecule has 0 aliphatic carbocycles. The molecule has 26 heavy (non-hydrogen) atoms. The van der Waals surface area contributed by atoms with Crippen molar-refractivity contribution in [3.05, 3.63) is 34.3 Å². The molecule has 0 radical (unpaired) electrons. The highest BCUT2D eigenvalue weighted by atomic mass is 35.5. The SMILES string of the molecule is BCc1ccc(C(=O)OC(CS(=O)(=O)O)(C(F)(F)F)C(F)(F)F)c(Cl)c1. The number of alkyl halides is 6. The van der Waals surface area contributed by atoms with Crippen molar-refractivity contribution in [1.82, 2.24) is 0 Å². The molecular weight excluding hydrogens is 416 g/mol. The molecule has 1 aromatic carbocycles. The Bertz CT molecular complexity index is 778. The van der Waals surface area contributed by atoms with Gasteiger partial charge in [0.2, 0.25) is 0 Å². The van der Waals surface area contributed by atoms with Crippen molar-refractivity contribution in [1.29, 1.82) is 0 Å². The molecule has 0 aromatic heterocycles. The van der Waals surface area contributed by atoms with Crippen LogP contribution in [0.1, 0.15) is 15.9 Å². The molecule has 0 unspecified atom stereocenters. The lowest BCUT2D eigenvalue weighted by molar-refractivity contribution is -0.356. The number of rotatable bonds is 5. The zero-order valence-electron chi connectivity index (χ0n) is 12.8. The fraction of sp³-hybridized carbons (Fsp3) is 0.417. The van der Waals surface area contributed by atoms with E-state index < -0.39 is 50.4 Å². The first-order chi connectivity index (χ1) is 11.5. The zero-order chi connectivity index (χ0) is 20.6. The van der Waals surface area contributed by atoms with Crippen LogP contribution in [0.2, 0.25) is 5.02 Å². The molecule has 0 aliphatic rings. The largest absolute Gasteiger partial charge is 0.438 e. The predicted octanol–water partition coefficient (Wildman–Crippen LogP) is 2.38. The third-order valence-electron chi connectivity index (χ3n) is 3.23. The number of hydrogen-bond acceptors (Lipinski definition) is 4. The highest BCUT2D eigenvalue weighted by molar-refractivity contribution is 7.85. The first-order valence-electron chi connectivity index (χ1n) is 6.64. The highest BCUT2D eigenvalue weighted by Gasteiger charge is 2.76.